The molecule has 2 bridgehead atoms. The Kier molecular flexibility index (Phi) is 4.22. The van der Waals surface area contributed by atoms with Crippen LogP contribution in [0.1, 0.15) is 61.8 Å². The molecule has 0 saturated heterocycles. The van der Waals surface area contributed by atoms with Crippen molar-refractivity contribution in [2.24, 2.45) is 5.41 Å². The van der Waals surface area contributed by atoms with Gasteiger partial charge in [-0.3, -0.25) is 4.79 Å². The van der Waals surface area contributed by atoms with E-state index in [0.29, 0.717) is 31.0 Å². The molecule has 0 radical (unpaired) electrons. The van der Waals surface area contributed by atoms with E-state index in [2.05, 4.69) is 29.1 Å². The van der Waals surface area contributed by atoms with Gasteiger partial charge in [-0.1, -0.05) is 13.8 Å². The molecule has 0 aromatic carbocycles. The molecule has 3 rings (SSSR count). The van der Waals surface area contributed by atoms with Gasteiger partial charge < -0.3 is 10.1 Å². The van der Waals surface area contributed by atoms with Crippen molar-refractivity contribution in [2.75, 3.05) is 20.3 Å². The van der Waals surface area contributed by atoms with E-state index in [1.54, 1.807) is 7.11 Å². The summed E-state index contributed by atoms with van der Waals surface area (Å²) < 4.78 is 5.02. The van der Waals surface area contributed by atoms with Crippen LogP contribution < -0.4 is 5.32 Å². The fraction of sp³-hybridized carbons (Fsp3) is 0.611. The van der Waals surface area contributed by atoms with E-state index in [1.165, 1.54) is 0 Å². The zero-order chi connectivity index (χ0) is 18.2. The standard InChI is InChI=1S/C18H21N5O2/c1-17(2)11-5-6-18(17,16(24)21-7-4-8-25-3)15-14(11)22-12(9-19)13(10-20)23-15/h11H,4-8H2,1-3H3,(H,21,24)/t11-,18+/m1/s1. The summed E-state index contributed by atoms with van der Waals surface area (Å²) in [5.74, 6) is -0.00248. The van der Waals surface area contributed by atoms with Gasteiger partial charge in [-0.2, -0.15) is 10.5 Å². The Bertz CT molecular complexity index is 805. The Morgan fingerprint density at radius 2 is 2.00 bits per heavy atom. The van der Waals surface area contributed by atoms with Gasteiger partial charge in [0.15, 0.2) is 11.4 Å². The van der Waals surface area contributed by atoms with Crippen molar-refractivity contribution in [3.8, 4) is 12.1 Å². The summed E-state index contributed by atoms with van der Waals surface area (Å²) in [4.78, 5) is 22.0. The van der Waals surface area contributed by atoms with Gasteiger partial charge in [-0.25, -0.2) is 9.97 Å². The molecule has 1 saturated carbocycles. The smallest absolute Gasteiger partial charge is 0.232 e. The van der Waals surface area contributed by atoms with Crippen LogP contribution >= 0.6 is 0 Å². The first-order chi connectivity index (χ1) is 11.9. The summed E-state index contributed by atoms with van der Waals surface area (Å²) in [7, 11) is 1.63. The number of carbonyl (C=O) groups excluding carboxylic acids is 1. The fourth-order valence-corrected chi connectivity index (χ4v) is 4.49. The summed E-state index contributed by atoms with van der Waals surface area (Å²) in [5, 5.41) is 21.5. The van der Waals surface area contributed by atoms with E-state index < -0.39 is 5.41 Å². The second kappa shape index (κ2) is 6.09. The van der Waals surface area contributed by atoms with E-state index in [0.717, 1.165) is 12.8 Å². The van der Waals surface area contributed by atoms with E-state index in [9.17, 15) is 15.3 Å². The Morgan fingerprint density at radius 1 is 1.32 bits per heavy atom. The van der Waals surface area contributed by atoms with Gasteiger partial charge in [-0.05, 0) is 24.7 Å². The monoisotopic (exact) mass is 339 g/mol. The highest BCUT2D eigenvalue weighted by Crippen LogP contribution is 2.67. The summed E-state index contributed by atoms with van der Waals surface area (Å²) in [6.07, 6.45) is 2.24. The minimum Gasteiger partial charge on any atom is -0.385 e. The lowest BCUT2D eigenvalue weighted by molar-refractivity contribution is -0.130. The number of carbonyl (C=O) groups is 1. The molecule has 1 aromatic heterocycles. The highest BCUT2D eigenvalue weighted by atomic mass is 16.5. The van der Waals surface area contributed by atoms with Crippen molar-refractivity contribution in [3.05, 3.63) is 22.8 Å². The zero-order valence-electron chi connectivity index (χ0n) is 14.7. The fourth-order valence-electron chi connectivity index (χ4n) is 4.49. The van der Waals surface area contributed by atoms with Gasteiger partial charge in [0.05, 0.1) is 16.8 Å². The maximum absolute atomic E-state index is 13.2. The largest absolute Gasteiger partial charge is 0.385 e. The molecule has 1 heterocycles. The van der Waals surface area contributed by atoms with Crippen molar-refractivity contribution < 1.29 is 9.53 Å². The van der Waals surface area contributed by atoms with Crippen LogP contribution in [-0.2, 0) is 14.9 Å². The molecule has 2 aliphatic rings. The number of nitriles is 2. The Morgan fingerprint density at radius 3 is 2.64 bits per heavy atom. The summed E-state index contributed by atoms with van der Waals surface area (Å²) in [5.41, 5.74) is 0.164. The van der Waals surface area contributed by atoms with Crippen molar-refractivity contribution in [2.45, 2.75) is 44.4 Å². The van der Waals surface area contributed by atoms with Crippen LogP contribution in [0.25, 0.3) is 0 Å². The average molecular weight is 339 g/mol. The van der Waals surface area contributed by atoms with Crippen molar-refractivity contribution in [1.82, 2.24) is 15.3 Å². The first-order valence-electron chi connectivity index (χ1n) is 8.44. The first kappa shape index (κ1) is 17.3. The van der Waals surface area contributed by atoms with Crippen LogP contribution in [0.5, 0.6) is 0 Å². The van der Waals surface area contributed by atoms with Gasteiger partial charge in [0.1, 0.15) is 12.1 Å². The topological polar surface area (TPSA) is 112 Å². The number of nitrogens with zero attached hydrogens (tertiary/aromatic N) is 4. The highest BCUT2D eigenvalue weighted by molar-refractivity contribution is 5.91. The van der Waals surface area contributed by atoms with Gasteiger partial charge >= 0.3 is 0 Å². The molecule has 1 fully saturated rings. The van der Waals surface area contributed by atoms with Gasteiger partial charge in [0, 0.05) is 26.2 Å². The van der Waals surface area contributed by atoms with Crippen LogP contribution in [0, 0.1) is 28.1 Å². The number of ether oxygens (including phenoxy) is 1. The molecular weight excluding hydrogens is 318 g/mol. The Hall–Kier alpha value is -2.51. The molecule has 25 heavy (non-hydrogen) atoms. The van der Waals surface area contributed by atoms with E-state index >= 15 is 0 Å². The molecule has 130 valence electrons. The van der Waals surface area contributed by atoms with Crippen LogP contribution in [0.3, 0.4) is 0 Å². The Balaban J connectivity index is 2.04. The third-order valence-corrected chi connectivity index (χ3v) is 5.85. The molecule has 0 unspecified atom stereocenters. The average Bonchev–Trinajstić information content (AvgIpc) is 2.99. The second-order valence-electron chi connectivity index (χ2n) is 7.20. The first-order valence-corrected chi connectivity index (χ1v) is 8.44. The van der Waals surface area contributed by atoms with Crippen LogP contribution in [0.15, 0.2) is 0 Å². The van der Waals surface area contributed by atoms with Crippen LogP contribution in [-0.4, -0.2) is 36.1 Å². The molecule has 0 aliphatic heterocycles. The van der Waals surface area contributed by atoms with E-state index in [4.69, 9.17) is 4.74 Å². The summed E-state index contributed by atoms with van der Waals surface area (Å²) in [6, 6.07) is 3.88. The van der Waals surface area contributed by atoms with Crippen molar-refractivity contribution in [3.63, 3.8) is 0 Å². The lowest BCUT2D eigenvalue weighted by atomic mass is 9.67. The number of fused-ring (bicyclic) bond motifs is 5. The molecule has 7 heteroatoms. The molecule has 1 N–H and O–H groups in total. The van der Waals surface area contributed by atoms with Crippen LogP contribution in [0.2, 0.25) is 0 Å². The van der Waals surface area contributed by atoms with Crippen molar-refractivity contribution in [1.29, 1.82) is 10.5 Å². The predicted molar refractivity (Wildman–Crippen MR) is 88.4 cm³/mol. The predicted octanol–water partition coefficient (Wildman–Crippen LogP) is 1.53. The van der Waals surface area contributed by atoms with Gasteiger partial charge in [-0.15, -0.1) is 0 Å². The minimum atomic E-state index is -0.799. The number of hydrogen-bond donors (Lipinski definition) is 1. The lowest BCUT2D eigenvalue weighted by Gasteiger charge is -2.36. The Labute approximate surface area is 147 Å². The van der Waals surface area contributed by atoms with E-state index in [1.807, 2.05) is 12.1 Å². The molecule has 0 spiro atoms. The molecule has 2 aliphatic carbocycles. The van der Waals surface area contributed by atoms with Gasteiger partial charge in [0.2, 0.25) is 5.91 Å². The SMILES string of the molecule is COCCCNC(=O)[C@]12CC[C@H](c3nc(C#N)c(C#N)nc31)C2(C)C. The number of methoxy groups -OCH3 is 1. The maximum Gasteiger partial charge on any atom is 0.232 e. The molecular formula is C18H21N5O2. The normalized spacial score (nSPS) is 25.1. The van der Waals surface area contributed by atoms with Gasteiger partial charge in [0.25, 0.3) is 0 Å². The molecule has 2 atom stereocenters. The number of amides is 1. The third-order valence-electron chi connectivity index (χ3n) is 5.85. The maximum atomic E-state index is 13.2. The number of hydrogen-bond acceptors (Lipinski definition) is 6. The van der Waals surface area contributed by atoms with Crippen LogP contribution in [0.4, 0.5) is 0 Å². The summed E-state index contributed by atoms with van der Waals surface area (Å²) >= 11 is 0. The number of aromatic nitrogens is 2. The minimum absolute atomic E-state index is 0.00356. The second-order valence-corrected chi connectivity index (χ2v) is 7.20. The molecule has 1 aromatic rings. The summed E-state index contributed by atoms with van der Waals surface area (Å²) in [6.45, 7) is 5.22. The van der Waals surface area contributed by atoms with Crippen molar-refractivity contribution >= 4 is 5.91 Å². The lowest BCUT2D eigenvalue weighted by Crippen LogP contribution is -2.50. The highest BCUT2D eigenvalue weighted by Gasteiger charge is 2.67. The zero-order valence-corrected chi connectivity index (χ0v) is 14.7. The number of nitrogens with one attached hydrogen (secondary N) is 1. The molecule has 7 nitrogen and oxygen atoms in total. The number of rotatable bonds is 5. The molecule has 1 amide bonds. The third kappa shape index (κ3) is 2.23. The van der Waals surface area contributed by atoms with E-state index in [-0.39, 0.29) is 28.6 Å². The quantitative estimate of drug-likeness (QED) is 0.814.